The van der Waals surface area contributed by atoms with Crippen LogP contribution in [0.4, 0.5) is 0 Å². The van der Waals surface area contributed by atoms with E-state index in [1.807, 2.05) is 48.5 Å². The van der Waals surface area contributed by atoms with Gasteiger partial charge in [-0.2, -0.15) is 0 Å². The summed E-state index contributed by atoms with van der Waals surface area (Å²) in [6.45, 7) is 0. The first-order chi connectivity index (χ1) is 18.6. The summed E-state index contributed by atoms with van der Waals surface area (Å²) in [6.07, 6.45) is 4.13. The normalized spacial score (nSPS) is 12.7. The molecule has 38 heavy (non-hydrogen) atoms. The highest BCUT2D eigenvalue weighted by atomic mass is 16.3. The summed E-state index contributed by atoms with van der Waals surface area (Å²) in [4.78, 5) is 14.2. The molecule has 0 saturated heterocycles. The maximum absolute atomic E-state index is 10.2. The van der Waals surface area contributed by atoms with Crippen LogP contribution in [0.25, 0.3) is 23.3 Å². The van der Waals surface area contributed by atoms with E-state index in [-0.39, 0.29) is 11.5 Å². The molecule has 8 bridgehead atoms. The number of aromatic amines is 4. The van der Waals surface area contributed by atoms with Gasteiger partial charge in [-0.05, 0) is 96.1 Å². The number of hydrogen-bond donors (Lipinski definition) is 6. The Morgan fingerprint density at radius 2 is 0.921 bits per heavy atom. The van der Waals surface area contributed by atoms with Gasteiger partial charge in [0, 0.05) is 55.3 Å². The van der Waals surface area contributed by atoms with E-state index < -0.39 is 0 Å². The van der Waals surface area contributed by atoms with Gasteiger partial charge in [-0.15, -0.1) is 0 Å². The minimum absolute atomic E-state index is 0.218. The molecule has 1 aliphatic rings. The molecule has 6 heteroatoms. The van der Waals surface area contributed by atoms with Crippen LogP contribution in [0.3, 0.4) is 0 Å². The lowest BCUT2D eigenvalue weighted by atomic mass is 10.0. The molecule has 0 spiro atoms. The summed E-state index contributed by atoms with van der Waals surface area (Å²) < 4.78 is 0. The highest BCUT2D eigenvalue weighted by Crippen LogP contribution is 2.25. The topological polar surface area (TPSA) is 104 Å². The van der Waals surface area contributed by atoms with E-state index in [9.17, 15) is 10.2 Å². The van der Waals surface area contributed by atoms with Crippen LogP contribution in [-0.4, -0.2) is 30.1 Å². The Bertz CT molecular complexity index is 1920. The quantitative estimate of drug-likeness (QED) is 0.222. The highest BCUT2D eigenvalue weighted by Gasteiger charge is 2.13. The zero-order chi connectivity index (χ0) is 25.6. The Kier molecular flexibility index (Phi) is 4.97. The lowest BCUT2D eigenvalue weighted by Gasteiger charge is -2.07. The van der Waals surface area contributed by atoms with E-state index in [0.717, 1.165) is 66.4 Å². The van der Waals surface area contributed by atoms with Crippen LogP contribution in [-0.2, 0) is 0 Å². The number of hydrogen-bond acceptors (Lipinski definition) is 2. The Labute approximate surface area is 217 Å². The van der Waals surface area contributed by atoms with Crippen LogP contribution in [0.2, 0.25) is 0 Å². The van der Waals surface area contributed by atoms with Crippen molar-refractivity contribution in [3.05, 3.63) is 152 Å². The number of benzene rings is 2. The molecule has 4 aromatic heterocycles. The second kappa shape index (κ2) is 8.64. The molecule has 0 saturated carbocycles. The second-order valence-electron chi connectivity index (χ2n) is 9.45. The minimum atomic E-state index is 0.218. The number of aromatic hydroxyl groups is 2. The third-order valence-corrected chi connectivity index (χ3v) is 6.80. The molecule has 0 amide bonds. The van der Waals surface area contributed by atoms with Gasteiger partial charge in [-0.3, -0.25) is 0 Å². The lowest BCUT2D eigenvalue weighted by molar-refractivity contribution is 0.474. The fraction of sp³-hybridized carbons (Fsp3) is 0. The summed E-state index contributed by atoms with van der Waals surface area (Å²) >= 11 is 0. The van der Waals surface area contributed by atoms with E-state index >= 15 is 0 Å². The minimum Gasteiger partial charge on any atom is -0.508 e. The molecule has 6 N–H and O–H groups in total. The monoisotopic (exact) mass is 496 g/mol. The number of rotatable bonds is 2. The molecule has 0 radical (unpaired) electrons. The summed E-state index contributed by atoms with van der Waals surface area (Å²) in [6, 6.07) is 31.0. The van der Waals surface area contributed by atoms with Crippen LogP contribution < -0.4 is 21.4 Å². The molecule has 1 aliphatic heterocycles. The van der Waals surface area contributed by atoms with Gasteiger partial charge < -0.3 is 30.1 Å². The number of aromatic nitrogens is 4. The Balaban J connectivity index is 1.53. The Morgan fingerprint density at radius 1 is 0.447 bits per heavy atom. The highest BCUT2D eigenvalue weighted by molar-refractivity contribution is 5.79. The molecule has 6 aromatic rings. The molecule has 5 heterocycles. The van der Waals surface area contributed by atoms with Crippen molar-refractivity contribution in [1.29, 1.82) is 0 Å². The predicted octanol–water partition coefficient (Wildman–Crippen LogP) is 2.88. The van der Waals surface area contributed by atoms with E-state index in [1.165, 1.54) is 0 Å². The fourth-order valence-corrected chi connectivity index (χ4v) is 5.14. The van der Waals surface area contributed by atoms with Gasteiger partial charge in [0.2, 0.25) is 0 Å². The first-order valence-electron chi connectivity index (χ1n) is 12.4. The van der Waals surface area contributed by atoms with Crippen LogP contribution >= 0.6 is 0 Å². The van der Waals surface area contributed by atoms with Gasteiger partial charge >= 0.3 is 0 Å². The van der Waals surface area contributed by atoms with E-state index in [4.69, 9.17) is 0 Å². The predicted molar refractivity (Wildman–Crippen MR) is 148 cm³/mol. The van der Waals surface area contributed by atoms with E-state index in [2.05, 4.69) is 56.4 Å². The van der Waals surface area contributed by atoms with E-state index in [0.29, 0.717) is 0 Å². The van der Waals surface area contributed by atoms with Gasteiger partial charge in [0.1, 0.15) is 11.5 Å². The average Bonchev–Trinajstić information content (AvgIpc) is 3.70. The fourth-order valence-electron chi connectivity index (χ4n) is 5.14. The van der Waals surface area contributed by atoms with Gasteiger partial charge in [-0.25, -0.2) is 0 Å². The molecule has 0 fully saturated rings. The summed E-state index contributed by atoms with van der Waals surface area (Å²) in [5.74, 6) is 0.436. The van der Waals surface area contributed by atoms with Crippen LogP contribution in [0.5, 0.6) is 11.5 Å². The van der Waals surface area contributed by atoms with Gasteiger partial charge in [0.25, 0.3) is 0 Å². The van der Waals surface area contributed by atoms with Crippen molar-refractivity contribution in [2.45, 2.75) is 0 Å². The van der Waals surface area contributed by atoms with Crippen molar-refractivity contribution < 1.29 is 10.2 Å². The molecule has 6 nitrogen and oxygen atoms in total. The van der Waals surface area contributed by atoms with Crippen LogP contribution in [0.1, 0.15) is 33.9 Å². The molecule has 0 aliphatic carbocycles. The number of fused-ring (bicyclic) bond motifs is 8. The number of nitrogens with one attached hydrogen (secondary N) is 4. The first-order valence-corrected chi connectivity index (χ1v) is 12.4. The Morgan fingerprint density at radius 3 is 1.37 bits per heavy atom. The zero-order valence-corrected chi connectivity index (χ0v) is 20.3. The third-order valence-electron chi connectivity index (χ3n) is 6.80. The summed E-state index contributed by atoms with van der Waals surface area (Å²) in [5.41, 5.74) is 7.49. The van der Waals surface area contributed by atoms with Gasteiger partial charge in [0.05, 0.1) is 0 Å². The number of phenols is 2. The smallest absolute Gasteiger partial charge is 0.116 e. The van der Waals surface area contributed by atoms with Crippen LogP contribution in [0.15, 0.2) is 97.1 Å². The maximum atomic E-state index is 10.2. The molecule has 0 unspecified atom stereocenters. The maximum Gasteiger partial charge on any atom is 0.116 e. The summed E-state index contributed by atoms with van der Waals surface area (Å²) in [5, 5.41) is 24.1. The molecule has 2 aromatic carbocycles. The third kappa shape index (κ3) is 3.94. The summed E-state index contributed by atoms with van der Waals surface area (Å²) in [7, 11) is 0. The van der Waals surface area contributed by atoms with Gasteiger partial charge in [-0.1, -0.05) is 24.3 Å². The molecule has 0 atom stereocenters. The molecule has 7 rings (SSSR count). The SMILES string of the molecule is Oc1cccc(C2=c3ccc([nH]3)=Cc3ccc([nH]3)C(c3cccc(O)c3)=c3ccc([nH]3)=Cc3ccc2[nH]3)c1. The van der Waals surface area contributed by atoms with E-state index in [1.54, 1.807) is 24.3 Å². The van der Waals surface area contributed by atoms with Crippen molar-refractivity contribution >= 4 is 23.3 Å². The standard InChI is InChI=1S/C32H24N4O2/c37-25-5-1-3-19(15-25)31-27-11-7-21(33-27)17-23-9-13-29(35-23)32(20-4-2-6-26(38)16-20)30-14-10-24(36-30)18-22-8-12-28(31)34-22/h1-18,33-38H. The molecular formula is C32H24N4O2. The van der Waals surface area contributed by atoms with Crippen molar-refractivity contribution in [1.82, 2.24) is 19.9 Å². The largest absolute Gasteiger partial charge is 0.508 e. The van der Waals surface area contributed by atoms with Crippen molar-refractivity contribution in [2.75, 3.05) is 0 Å². The molecule has 184 valence electrons. The lowest BCUT2D eigenvalue weighted by Crippen LogP contribution is -2.15. The molecular weight excluding hydrogens is 472 g/mol. The average molecular weight is 497 g/mol. The zero-order valence-electron chi connectivity index (χ0n) is 20.3. The number of H-pyrrole nitrogens is 4. The van der Waals surface area contributed by atoms with Crippen molar-refractivity contribution in [2.24, 2.45) is 0 Å². The van der Waals surface area contributed by atoms with Crippen molar-refractivity contribution in [3.63, 3.8) is 0 Å². The first kappa shape index (κ1) is 21.9. The second-order valence-corrected chi connectivity index (χ2v) is 9.45. The Hall–Kier alpha value is -5.36. The number of phenolic OH excluding ortho intramolecular Hbond substituents is 2. The van der Waals surface area contributed by atoms with Crippen LogP contribution in [0, 0.1) is 0 Å². The van der Waals surface area contributed by atoms with Crippen molar-refractivity contribution in [3.8, 4) is 11.5 Å². The van der Waals surface area contributed by atoms with Gasteiger partial charge in [0.15, 0.2) is 0 Å².